The van der Waals surface area contributed by atoms with Gasteiger partial charge >= 0.3 is 0 Å². The largest absolute Gasteiger partial charge is 0.354 e. The molecule has 0 aliphatic heterocycles. The van der Waals surface area contributed by atoms with Gasteiger partial charge in [-0.05, 0) is 38.5 Å². The minimum Gasteiger partial charge on any atom is -0.354 e. The minimum absolute atomic E-state index is 0.0352. The second-order valence-electron chi connectivity index (χ2n) is 5.15. The molecule has 108 valence electrons. The van der Waals surface area contributed by atoms with Gasteiger partial charge in [-0.1, -0.05) is 18.6 Å². The summed E-state index contributed by atoms with van der Waals surface area (Å²) in [6.45, 7) is 5.03. The zero-order valence-corrected chi connectivity index (χ0v) is 12.2. The highest BCUT2D eigenvalue weighted by Gasteiger charge is 2.12. The van der Waals surface area contributed by atoms with Crippen LogP contribution in [0.4, 0.5) is 0 Å². The predicted molar refractivity (Wildman–Crippen MR) is 76.7 cm³/mol. The highest BCUT2D eigenvalue weighted by Crippen LogP contribution is 2.19. The van der Waals surface area contributed by atoms with Crippen molar-refractivity contribution < 1.29 is 9.59 Å². The maximum absolute atomic E-state index is 11.7. The SMILES string of the molecule is CCCN(CC(=O)NCCC1=CCCCC1)C(C)=O. The number of carbonyl (C=O) groups is 2. The van der Waals surface area contributed by atoms with Crippen molar-refractivity contribution in [2.24, 2.45) is 0 Å². The van der Waals surface area contributed by atoms with Gasteiger partial charge < -0.3 is 10.2 Å². The molecule has 0 saturated heterocycles. The molecule has 2 amide bonds. The zero-order valence-electron chi connectivity index (χ0n) is 12.2. The topological polar surface area (TPSA) is 49.4 Å². The Labute approximate surface area is 116 Å². The fourth-order valence-electron chi connectivity index (χ4n) is 2.34. The molecule has 1 aliphatic carbocycles. The molecule has 4 heteroatoms. The van der Waals surface area contributed by atoms with E-state index in [-0.39, 0.29) is 18.4 Å². The van der Waals surface area contributed by atoms with Gasteiger partial charge in [0.15, 0.2) is 0 Å². The molecule has 0 saturated carbocycles. The van der Waals surface area contributed by atoms with Crippen LogP contribution < -0.4 is 5.32 Å². The summed E-state index contributed by atoms with van der Waals surface area (Å²) >= 11 is 0. The van der Waals surface area contributed by atoms with Gasteiger partial charge in [-0.2, -0.15) is 0 Å². The lowest BCUT2D eigenvalue weighted by atomic mass is 9.97. The van der Waals surface area contributed by atoms with Gasteiger partial charge in [-0.15, -0.1) is 0 Å². The molecule has 0 heterocycles. The van der Waals surface area contributed by atoms with E-state index >= 15 is 0 Å². The van der Waals surface area contributed by atoms with E-state index in [0.29, 0.717) is 13.1 Å². The van der Waals surface area contributed by atoms with Crippen molar-refractivity contribution in [3.8, 4) is 0 Å². The summed E-state index contributed by atoms with van der Waals surface area (Å²) in [5.41, 5.74) is 1.46. The van der Waals surface area contributed by atoms with Crippen LogP contribution in [-0.4, -0.2) is 36.3 Å². The lowest BCUT2D eigenvalue weighted by molar-refractivity contribution is -0.134. The molecule has 1 aliphatic rings. The Morgan fingerprint density at radius 1 is 1.37 bits per heavy atom. The lowest BCUT2D eigenvalue weighted by Crippen LogP contribution is -2.40. The van der Waals surface area contributed by atoms with E-state index in [1.807, 2.05) is 6.92 Å². The van der Waals surface area contributed by atoms with Crippen molar-refractivity contribution in [3.05, 3.63) is 11.6 Å². The van der Waals surface area contributed by atoms with Gasteiger partial charge in [-0.25, -0.2) is 0 Å². The Bertz CT molecular complexity index is 337. The Kier molecular flexibility index (Phi) is 7.23. The lowest BCUT2D eigenvalue weighted by Gasteiger charge is -2.20. The molecule has 0 spiro atoms. The first-order chi connectivity index (χ1) is 9.13. The second-order valence-corrected chi connectivity index (χ2v) is 5.15. The van der Waals surface area contributed by atoms with Crippen LogP contribution in [0.2, 0.25) is 0 Å². The van der Waals surface area contributed by atoms with E-state index in [0.717, 1.165) is 12.8 Å². The summed E-state index contributed by atoms with van der Waals surface area (Å²) < 4.78 is 0. The maximum Gasteiger partial charge on any atom is 0.239 e. The van der Waals surface area contributed by atoms with Crippen molar-refractivity contribution in [3.63, 3.8) is 0 Å². The zero-order chi connectivity index (χ0) is 14.1. The normalized spacial score (nSPS) is 14.7. The monoisotopic (exact) mass is 266 g/mol. The molecular weight excluding hydrogens is 240 g/mol. The average molecular weight is 266 g/mol. The predicted octanol–water partition coefficient (Wildman–Crippen LogP) is 2.25. The van der Waals surface area contributed by atoms with E-state index in [4.69, 9.17) is 0 Å². The number of carbonyl (C=O) groups excluding carboxylic acids is 2. The summed E-state index contributed by atoms with van der Waals surface area (Å²) in [5.74, 6) is -0.0907. The highest BCUT2D eigenvalue weighted by atomic mass is 16.2. The van der Waals surface area contributed by atoms with Gasteiger partial charge in [0.1, 0.15) is 0 Å². The number of amides is 2. The van der Waals surface area contributed by atoms with Crippen LogP contribution in [0.1, 0.15) is 52.4 Å². The van der Waals surface area contributed by atoms with Crippen LogP contribution >= 0.6 is 0 Å². The number of allylic oxidation sites excluding steroid dienone is 1. The number of hydrogen-bond donors (Lipinski definition) is 1. The fraction of sp³-hybridized carbons (Fsp3) is 0.733. The van der Waals surface area contributed by atoms with Gasteiger partial charge in [0, 0.05) is 20.0 Å². The summed E-state index contributed by atoms with van der Waals surface area (Å²) in [5, 5.41) is 2.90. The van der Waals surface area contributed by atoms with Gasteiger partial charge in [-0.3, -0.25) is 9.59 Å². The third-order valence-electron chi connectivity index (χ3n) is 3.43. The first-order valence-electron chi connectivity index (χ1n) is 7.33. The maximum atomic E-state index is 11.7. The minimum atomic E-state index is -0.0555. The van der Waals surface area contributed by atoms with E-state index in [1.165, 1.54) is 38.2 Å². The Morgan fingerprint density at radius 2 is 2.16 bits per heavy atom. The average Bonchev–Trinajstić information content (AvgIpc) is 2.39. The quantitative estimate of drug-likeness (QED) is 0.719. The molecule has 0 unspecified atom stereocenters. The summed E-state index contributed by atoms with van der Waals surface area (Å²) in [4.78, 5) is 24.7. The van der Waals surface area contributed by atoms with Crippen molar-refractivity contribution in [1.29, 1.82) is 0 Å². The van der Waals surface area contributed by atoms with Gasteiger partial charge in [0.2, 0.25) is 11.8 Å². The molecule has 0 aromatic carbocycles. The summed E-state index contributed by atoms with van der Waals surface area (Å²) in [6.07, 6.45) is 9.03. The molecule has 0 radical (unpaired) electrons. The molecule has 0 aromatic rings. The Balaban J connectivity index is 2.22. The standard InChI is InChI=1S/C15H26N2O2/c1-3-11-17(13(2)18)12-15(19)16-10-9-14-7-5-4-6-8-14/h7H,3-6,8-12H2,1-2H3,(H,16,19). The van der Waals surface area contributed by atoms with Crippen molar-refractivity contribution in [2.75, 3.05) is 19.6 Å². The summed E-state index contributed by atoms with van der Waals surface area (Å²) in [6, 6.07) is 0. The third-order valence-corrected chi connectivity index (χ3v) is 3.43. The smallest absolute Gasteiger partial charge is 0.239 e. The van der Waals surface area contributed by atoms with Crippen LogP contribution in [-0.2, 0) is 9.59 Å². The molecule has 0 bridgehead atoms. The van der Waals surface area contributed by atoms with Crippen LogP contribution in [0.5, 0.6) is 0 Å². The first-order valence-corrected chi connectivity index (χ1v) is 7.33. The third kappa shape index (κ3) is 6.41. The number of rotatable bonds is 7. The molecule has 1 rings (SSSR count). The van der Waals surface area contributed by atoms with Crippen molar-refractivity contribution in [2.45, 2.75) is 52.4 Å². The second kappa shape index (κ2) is 8.73. The van der Waals surface area contributed by atoms with Crippen molar-refractivity contribution in [1.82, 2.24) is 10.2 Å². The van der Waals surface area contributed by atoms with Crippen LogP contribution in [0, 0.1) is 0 Å². The van der Waals surface area contributed by atoms with Crippen LogP contribution in [0.25, 0.3) is 0 Å². The van der Waals surface area contributed by atoms with Crippen molar-refractivity contribution >= 4 is 11.8 Å². The highest BCUT2D eigenvalue weighted by molar-refractivity contribution is 5.83. The van der Waals surface area contributed by atoms with Crippen LogP contribution in [0.15, 0.2) is 11.6 Å². The molecule has 4 nitrogen and oxygen atoms in total. The van der Waals surface area contributed by atoms with Gasteiger partial charge in [0.25, 0.3) is 0 Å². The molecule has 1 N–H and O–H groups in total. The van der Waals surface area contributed by atoms with E-state index in [2.05, 4.69) is 11.4 Å². The van der Waals surface area contributed by atoms with E-state index in [1.54, 1.807) is 4.90 Å². The Hall–Kier alpha value is -1.32. The van der Waals surface area contributed by atoms with Crippen LogP contribution in [0.3, 0.4) is 0 Å². The Morgan fingerprint density at radius 3 is 2.74 bits per heavy atom. The number of hydrogen-bond acceptors (Lipinski definition) is 2. The number of nitrogens with one attached hydrogen (secondary N) is 1. The first kappa shape index (κ1) is 15.7. The molecule has 0 fully saturated rings. The molecule has 19 heavy (non-hydrogen) atoms. The fourth-order valence-corrected chi connectivity index (χ4v) is 2.34. The number of nitrogens with zero attached hydrogens (tertiary/aromatic N) is 1. The molecular formula is C15H26N2O2. The summed E-state index contributed by atoms with van der Waals surface area (Å²) in [7, 11) is 0. The molecule has 0 atom stereocenters. The van der Waals surface area contributed by atoms with E-state index < -0.39 is 0 Å². The molecule has 0 aromatic heterocycles. The van der Waals surface area contributed by atoms with E-state index in [9.17, 15) is 9.59 Å². The van der Waals surface area contributed by atoms with Gasteiger partial charge in [0.05, 0.1) is 6.54 Å².